The third-order valence-electron chi connectivity index (χ3n) is 2.55. The molecule has 0 aliphatic carbocycles. The third kappa shape index (κ3) is 3.79. The zero-order valence-corrected chi connectivity index (χ0v) is 10.5. The van der Waals surface area contributed by atoms with Crippen LogP contribution in [-0.4, -0.2) is 52.6 Å². The second-order valence-corrected chi connectivity index (χ2v) is 3.92. The molecule has 1 atom stereocenters. The molecule has 1 heterocycles. The van der Waals surface area contributed by atoms with Crippen molar-refractivity contribution in [2.75, 3.05) is 20.8 Å². The fourth-order valence-corrected chi connectivity index (χ4v) is 1.36. The minimum Gasteiger partial charge on any atom is -0.383 e. The highest BCUT2D eigenvalue weighted by molar-refractivity contribution is 5.75. The predicted molar refractivity (Wildman–Crippen MR) is 62.0 cm³/mol. The topological polar surface area (TPSA) is 86.3 Å². The van der Waals surface area contributed by atoms with Gasteiger partial charge in [0.25, 0.3) is 0 Å². The van der Waals surface area contributed by atoms with Gasteiger partial charge in [0.05, 0.1) is 24.5 Å². The van der Waals surface area contributed by atoms with E-state index in [1.165, 1.54) is 4.68 Å². The molecule has 0 aromatic carbocycles. The standard InChI is InChI=1S/C10H19N5O2/c1-8(7-17-3)14(2)10(16)6-15-5-9(4-11)12-13-15/h5,8H,4,6-7,11H2,1-3H3. The monoisotopic (exact) mass is 241 g/mol. The van der Waals surface area contributed by atoms with Crippen LogP contribution in [0.5, 0.6) is 0 Å². The van der Waals surface area contributed by atoms with E-state index >= 15 is 0 Å². The Morgan fingerprint density at radius 2 is 2.41 bits per heavy atom. The van der Waals surface area contributed by atoms with Crippen LogP contribution in [0.15, 0.2) is 6.20 Å². The van der Waals surface area contributed by atoms with E-state index in [-0.39, 0.29) is 18.5 Å². The van der Waals surface area contributed by atoms with Gasteiger partial charge in [0.1, 0.15) is 6.54 Å². The van der Waals surface area contributed by atoms with Gasteiger partial charge in [-0.2, -0.15) is 0 Å². The number of carbonyl (C=O) groups excluding carboxylic acids is 1. The summed E-state index contributed by atoms with van der Waals surface area (Å²) in [5.74, 6) is -0.0389. The molecule has 0 aliphatic rings. The minimum absolute atomic E-state index is 0.0324. The smallest absolute Gasteiger partial charge is 0.244 e. The molecule has 7 nitrogen and oxygen atoms in total. The molecule has 0 bridgehead atoms. The number of methoxy groups -OCH3 is 1. The number of nitrogens with zero attached hydrogens (tertiary/aromatic N) is 4. The van der Waals surface area contributed by atoms with Crippen LogP contribution in [0, 0.1) is 0 Å². The summed E-state index contributed by atoms with van der Waals surface area (Å²) in [7, 11) is 3.35. The normalized spacial score (nSPS) is 12.5. The van der Waals surface area contributed by atoms with Crippen molar-refractivity contribution in [3.8, 4) is 0 Å². The van der Waals surface area contributed by atoms with Crippen LogP contribution in [0.2, 0.25) is 0 Å². The number of likely N-dealkylation sites (N-methyl/N-ethyl adjacent to an activating group) is 1. The van der Waals surface area contributed by atoms with Crippen LogP contribution in [-0.2, 0) is 22.6 Å². The summed E-state index contributed by atoms with van der Waals surface area (Å²) < 4.78 is 6.49. The summed E-state index contributed by atoms with van der Waals surface area (Å²) in [6, 6.07) is 0.0324. The Hall–Kier alpha value is -1.47. The molecule has 0 saturated carbocycles. The molecule has 1 amide bonds. The van der Waals surface area contributed by atoms with Crippen LogP contribution in [0.1, 0.15) is 12.6 Å². The fraction of sp³-hybridized carbons (Fsp3) is 0.700. The number of carbonyl (C=O) groups is 1. The number of nitrogens with two attached hydrogens (primary N) is 1. The van der Waals surface area contributed by atoms with Crippen LogP contribution in [0.4, 0.5) is 0 Å². The number of amides is 1. The lowest BCUT2D eigenvalue weighted by atomic mass is 10.3. The molecule has 7 heteroatoms. The van der Waals surface area contributed by atoms with E-state index in [2.05, 4.69) is 10.3 Å². The Morgan fingerprint density at radius 1 is 1.71 bits per heavy atom. The van der Waals surface area contributed by atoms with E-state index in [9.17, 15) is 4.79 Å². The molecular formula is C10H19N5O2. The van der Waals surface area contributed by atoms with Crippen molar-refractivity contribution in [2.24, 2.45) is 5.73 Å². The second kappa shape index (κ2) is 6.31. The number of ether oxygens (including phenoxy) is 1. The summed E-state index contributed by atoms with van der Waals surface area (Å²) in [6.45, 7) is 2.92. The Balaban J connectivity index is 2.53. The second-order valence-electron chi connectivity index (χ2n) is 3.92. The van der Waals surface area contributed by atoms with Crippen molar-refractivity contribution in [1.82, 2.24) is 19.9 Å². The molecule has 1 aromatic rings. The van der Waals surface area contributed by atoms with E-state index in [4.69, 9.17) is 10.5 Å². The van der Waals surface area contributed by atoms with Gasteiger partial charge in [0, 0.05) is 20.7 Å². The van der Waals surface area contributed by atoms with Gasteiger partial charge in [-0.15, -0.1) is 5.10 Å². The van der Waals surface area contributed by atoms with Crippen molar-refractivity contribution < 1.29 is 9.53 Å². The average molecular weight is 241 g/mol. The molecule has 0 saturated heterocycles. The fourth-order valence-electron chi connectivity index (χ4n) is 1.36. The molecule has 1 aromatic heterocycles. The lowest BCUT2D eigenvalue weighted by molar-refractivity contribution is -0.133. The van der Waals surface area contributed by atoms with Crippen LogP contribution in [0.25, 0.3) is 0 Å². The van der Waals surface area contributed by atoms with Crippen molar-refractivity contribution in [3.05, 3.63) is 11.9 Å². The molecule has 17 heavy (non-hydrogen) atoms. The molecule has 0 spiro atoms. The minimum atomic E-state index is -0.0389. The number of aromatic nitrogens is 3. The van der Waals surface area contributed by atoms with Gasteiger partial charge in [-0.1, -0.05) is 5.21 Å². The van der Waals surface area contributed by atoms with E-state index in [0.717, 1.165) is 0 Å². The molecule has 0 radical (unpaired) electrons. The predicted octanol–water partition coefficient (Wildman–Crippen LogP) is -0.770. The van der Waals surface area contributed by atoms with Crippen LogP contribution in [0.3, 0.4) is 0 Å². The Kier molecular flexibility index (Phi) is 5.05. The highest BCUT2D eigenvalue weighted by atomic mass is 16.5. The molecule has 1 rings (SSSR count). The van der Waals surface area contributed by atoms with Gasteiger partial charge >= 0.3 is 0 Å². The molecule has 96 valence electrons. The van der Waals surface area contributed by atoms with Gasteiger partial charge < -0.3 is 15.4 Å². The van der Waals surface area contributed by atoms with Gasteiger partial charge in [-0.05, 0) is 6.92 Å². The quantitative estimate of drug-likeness (QED) is 0.706. The summed E-state index contributed by atoms with van der Waals surface area (Å²) >= 11 is 0. The first-order chi connectivity index (χ1) is 8.08. The van der Waals surface area contributed by atoms with Crippen molar-refractivity contribution in [2.45, 2.75) is 26.1 Å². The maximum absolute atomic E-state index is 11.9. The Labute approximate surface area is 101 Å². The maximum atomic E-state index is 11.9. The molecule has 1 unspecified atom stereocenters. The van der Waals surface area contributed by atoms with Gasteiger partial charge in [0.15, 0.2) is 0 Å². The summed E-state index contributed by atoms with van der Waals surface area (Å²) in [4.78, 5) is 13.5. The molecular weight excluding hydrogens is 222 g/mol. The molecule has 0 aliphatic heterocycles. The highest BCUT2D eigenvalue weighted by Gasteiger charge is 2.16. The van der Waals surface area contributed by atoms with Gasteiger partial charge in [-0.25, -0.2) is 4.68 Å². The van der Waals surface area contributed by atoms with Crippen LogP contribution >= 0.6 is 0 Å². The molecule has 2 N–H and O–H groups in total. The van der Waals surface area contributed by atoms with Gasteiger partial charge in [-0.3, -0.25) is 4.79 Å². The summed E-state index contributed by atoms with van der Waals surface area (Å²) in [6.07, 6.45) is 1.67. The zero-order valence-electron chi connectivity index (χ0n) is 10.5. The first-order valence-electron chi connectivity index (χ1n) is 5.42. The number of rotatable bonds is 6. The molecule has 0 fully saturated rings. The van der Waals surface area contributed by atoms with E-state index < -0.39 is 0 Å². The largest absolute Gasteiger partial charge is 0.383 e. The zero-order chi connectivity index (χ0) is 12.8. The summed E-state index contributed by atoms with van der Waals surface area (Å²) in [5.41, 5.74) is 6.09. The lowest BCUT2D eigenvalue weighted by Gasteiger charge is -2.24. The SMILES string of the molecule is COCC(C)N(C)C(=O)Cn1cc(CN)nn1. The third-order valence-corrected chi connectivity index (χ3v) is 2.55. The van der Waals surface area contributed by atoms with Crippen molar-refractivity contribution >= 4 is 5.91 Å². The van der Waals surface area contributed by atoms with E-state index in [1.807, 2.05) is 6.92 Å². The Morgan fingerprint density at radius 3 is 2.94 bits per heavy atom. The number of hydrogen-bond donors (Lipinski definition) is 1. The maximum Gasteiger partial charge on any atom is 0.244 e. The van der Waals surface area contributed by atoms with E-state index in [1.54, 1.807) is 25.3 Å². The average Bonchev–Trinajstić information content (AvgIpc) is 2.76. The van der Waals surface area contributed by atoms with Crippen LogP contribution < -0.4 is 5.73 Å². The van der Waals surface area contributed by atoms with Crippen molar-refractivity contribution in [3.63, 3.8) is 0 Å². The lowest BCUT2D eigenvalue weighted by Crippen LogP contribution is -2.39. The first-order valence-corrected chi connectivity index (χ1v) is 5.42. The Bertz CT molecular complexity index is 365. The van der Waals surface area contributed by atoms with E-state index in [0.29, 0.717) is 18.8 Å². The van der Waals surface area contributed by atoms with Crippen molar-refractivity contribution in [1.29, 1.82) is 0 Å². The highest BCUT2D eigenvalue weighted by Crippen LogP contribution is 1.99. The number of hydrogen-bond acceptors (Lipinski definition) is 5. The first kappa shape index (κ1) is 13.6. The van der Waals surface area contributed by atoms with Gasteiger partial charge in [0.2, 0.25) is 5.91 Å². The summed E-state index contributed by atoms with van der Waals surface area (Å²) in [5, 5.41) is 7.64.